The predicted molar refractivity (Wildman–Crippen MR) is 56.8 cm³/mol. The Balaban J connectivity index is 2.89. The smallest absolute Gasteiger partial charge is 0.150 e. The Morgan fingerprint density at radius 3 is 2.86 bits per heavy atom. The first-order valence-corrected chi connectivity index (χ1v) is 4.96. The van der Waals surface area contributed by atoms with E-state index in [9.17, 15) is 0 Å². The summed E-state index contributed by atoms with van der Waals surface area (Å²) in [5.74, 6) is 1.80. The SMILES string of the molecule is C=CCC(N)c1nnc(C)n1CCC. The lowest BCUT2D eigenvalue weighted by molar-refractivity contribution is 0.571. The lowest BCUT2D eigenvalue weighted by Gasteiger charge is -2.11. The molecule has 0 aliphatic carbocycles. The van der Waals surface area contributed by atoms with E-state index in [1.54, 1.807) is 0 Å². The van der Waals surface area contributed by atoms with Gasteiger partial charge >= 0.3 is 0 Å². The topological polar surface area (TPSA) is 56.7 Å². The third-order valence-corrected chi connectivity index (χ3v) is 2.16. The molecule has 0 bridgehead atoms. The van der Waals surface area contributed by atoms with Crippen molar-refractivity contribution in [2.24, 2.45) is 5.73 Å². The maximum Gasteiger partial charge on any atom is 0.150 e. The molecule has 1 atom stereocenters. The fourth-order valence-corrected chi connectivity index (χ4v) is 1.46. The average molecular weight is 194 g/mol. The van der Waals surface area contributed by atoms with Gasteiger partial charge in [0.05, 0.1) is 6.04 Å². The first kappa shape index (κ1) is 10.9. The fourth-order valence-electron chi connectivity index (χ4n) is 1.46. The standard InChI is InChI=1S/C10H18N4/c1-4-6-9(11)10-13-12-8(3)14(10)7-5-2/h4,9H,1,5-7,11H2,2-3H3. The van der Waals surface area contributed by atoms with Crippen molar-refractivity contribution in [1.82, 2.24) is 14.8 Å². The minimum absolute atomic E-state index is 0.0831. The summed E-state index contributed by atoms with van der Waals surface area (Å²) < 4.78 is 2.08. The zero-order chi connectivity index (χ0) is 10.6. The van der Waals surface area contributed by atoms with E-state index in [2.05, 4.69) is 28.3 Å². The number of nitrogens with two attached hydrogens (primary N) is 1. The zero-order valence-corrected chi connectivity index (χ0v) is 8.90. The second-order valence-electron chi connectivity index (χ2n) is 3.39. The minimum Gasteiger partial charge on any atom is -0.321 e. The monoisotopic (exact) mass is 194 g/mol. The first-order valence-electron chi connectivity index (χ1n) is 4.96. The van der Waals surface area contributed by atoms with Crippen LogP contribution in [0, 0.1) is 6.92 Å². The molecular formula is C10H18N4. The van der Waals surface area contributed by atoms with Gasteiger partial charge in [-0.15, -0.1) is 16.8 Å². The van der Waals surface area contributed by atoms with E-state index in [-0.39, 0.29) is 6.04 Å². The van der Waals surface area contributed by atoms with E-state index in [4.69, 9.17) is 5.73 Å². The van der Waals surface area contributed by atoms with Gasteiger partial charge in [0.25, 0.3) is 0 Å². The summed E-state index contributed by atoms with van der Waals surface area (Å²) in [5.41, 5.74) is 5.96. The number of hydrogen-bond donors (Lipinski definition) is 1. The maximum atomic E-state index is 5.96. The molecule has 1 rings (SSSR count). The Hall–Kier alpha value is -1.16. The summed E-state index contributed by atoms with van der Waals surface area (Å²) in [5, 5.41) is 8.13. The van der Waals surface area contributed by atoms with Crippen LogP contribution in [0.2, 0.25) is 0 Å². The van der Waals surface area contributed by atoms with Crippen molar-refractivity contribution >= 4 is 0 Å². The minimum atomic E-state index is -0.0831. The molecule has 0 fully saturated rings. The second-order valence-corrected chi connectivity index (χ2v) is 3.39. The molecule has 0 saturated heterocycles. The molecular weight excluding hydrogens is 176 g/mol. The summed E-state index contributed by atoms with van der Waals surface area (Å²) in [4.78, 5) is 0. The zero-order valence-electron chi connectivity index (χ0n) is 8.90. The van der Waals surface area contributed by atoms with Crippen LogP contribution in [0.15, 0.2) is 12.7 Å². The average Bonchev–Trinajstić information content (AvgIpc) is 2.50. The molecule has 1 aromatic heterocycles. The highest BCUT2D eigenvalue weighted by molar-refractivity contribution is 5.01. The predicted octanol–water partition coefficient (Wildman–Crippen LogP) is 1.57. The van der Waals surface area contributed by atoms with Crippen molar-refractivity contribution in [3.63, 3.8) is 0 Å². The van der Waals surface area contributed by atoms with Gasteiger partial charge in [0.2, 0.25) is 0 Å². The quantitative estimate of drug-likeness (QED) is 0.724. The number of rotatable bonds is 5. The molecule has 4 heteroatoms. The van der Waals surface area contributed by atoms with Crippen LogP contribution in [0.4, 0.5) is 0 Å². The molecule has 1 unspecified atom stereocenters. The molecule has 1 aromatic rings. The van der Waals surface area contributed by atoms with Crippen LogP contribution in [0.5, 0.6) is 0 Å². The van der Waals surface area contributed by atoms with Gasteiger partial charge in [-0.1, -0.05) is 13.0 Å². The van der Waals surface area contributed by atoms with E-state index in [1.165, 1.54) is 0 Å². The molecule has 4 nitrogen and oxygen atoms in total. The highest BCUT2D eigenvalue weighted by atomic mass is 15.3. The molecule has 1 heterocycles. The van der Waals surface area contributed by atoms with Gasteiger partial charge in [0, 0.05) is 6.54 Å². The molecule has 0 saturated carbocycles. The fraction of sp³-hybridized carbons (Fsp3) is 0.600. The van der Waals surface area contributed by atoms with E-state index < -0.39 is 0 Å². The van der Waals surface area contributed by atoms with Crippen LogP contribution >= 0.6 is 0 Å². The number of nitrogens with zero attached hydrogens (tertiary/aromatic N) is 3. The van der Waals surface area contributed by atoms with Crippen LogP contribution in [0.25, 0.3) is 0 Å². The highest BCUT2D eigenvalue weighted by Gasteiger charge is 2.13. The third-order valence-electron chi connectivity index (χ3n) is 2.16. The van der Waals surface area contributed by atoms with Gasteiger partial charge in [0.1, 0.15) is 11.6 Å². The normalized spacial score (nSPS) is 12.8. The van der Waals surface area contributed by atoms with Crippen molar-refractivity contribution in [3.8, 4) is 0 Å². The number of hydrogen-bond acceptors (Lipinski definition) is 3. The van der Waals surface area contributed by atoms with Crippen molar-refractivity contribution in [1.29, 1.82) is 0 Å². The Morgan fingerprint density at radius 2 is 2.29 bits per heavy atom. The molecule has 14 heavy (non-hydrogen) atoms. The summed E-state index contributed by atoms with van der Waals surface area (Å²) in [6.45, 7) is 8.68. The summed E-state index contributed by atoms with van der Waals surface area (Å²) >= 11 is 0. The van der Waals surface area contributed by atoms with Crippen molar-refractivity contribution in [2.45, 2.75) is 39.3 Å². The Morgan fingerprint density at radius 1 is 1.57 bits per heavy atom. The Kier molecular flexibility index (Phi) is 3.83. The van der Waals surface area contributed by atoms with Gasteiger partial charge in [-0.25, -0.2) is 0 Å². The molecule has 0 aromatic carbocycles. The summed E-state index contributed by atoms with van der Waals surface area (Å²) in [6, 6.07) is -0.0831. The van der Waals surface area contributed by atoms with Crippen molar-refractivity contribution in [2.75, 3.05) is 0 Å². The molecule has 2 N–H and O–H groups in total. The lowest BCUT2D eigenvalue weighted by Crippen LogP contribution is -2.16. The molecule has 0 spiro atoms. The number of aryl methyl sites for hydroxylation is 1. The van der Waals surface area contributed by atoms with Crippen LogP contribution in [-0.4, -0.2) is 14.8 Å². The van der Waals surface area contributed by atoms with Crippen LogP contribution in [0.3, 0.4) is 0 Å². The van der Waals surface area contributed by atoms with E-state index in [0.717, 1.165) is 31.0 Å². The van der Waals surface area contributed by atoms with Crippen molar-refractivity contribution < 1.29 is 0 Å². The summed E-state index contributed by atoms with van der Waals surface area (Å²) in [6.07, 6.45) is 3.61. The van der Waals surface area contributed by atoms with Crippen LogP contribution in [0.1, 0.15) is 37.5 Å². The molecule has 0 radical (unpaired) electrons. The lowest BCUT2D eigenvalue weighted by atomic mass is 10.2. The largest absolute Gasteiger partial charge is 0.321 e. The van der Waals surface area contributed by atoms with Crippen molar-refractivity contribution in [3.05, 3.63) is 24.3 Å². The molecule has 0 aliphatic rings. The number of aromatic nitrogens is 3. The van der Waals surface area contributed by atoms with Gasteiger partial charge in [-0.2, -0.15) is 0 Å². The Labute approximate surface area is 84.8 Å². The highest BCUT2D eigenvalue weighted by Crippen LogP contribution is 2.13. The third kappa shape index (κ3) is 2.20. The maximum absolute atomic E-state index is 5.96. The van der Waals surface area contributed by atoms with E-state index >= 15 is 0 Å². The van der Waals surface area contributed by atoms with E-state index in [0.29, 0.717) is 0 Å². The molecule has 78 valence electrons. The van der Waals surface area contributed by atoms with E-state index in [1.807, 2.05) is 13.0 Å². The first-order chi connectivity index (χ1) is 6.70. The molecule has 0 aliphatic heterocycles. The van der Waals surface area contributed by atoms with Gasteiger partial charge < -0.3 is 10.3 Å². The van der Waals surface area contributed by atoms with Gasteiger partial charge in [0.15, 0.2) is 0 Å². The second kappa shape index (κ2) is 4.91. The van der Waals surface area contributed by atoms with Crippen LogP contribution in [-0.2, 0) is 6.54 Å². The van der Waals surface area contributed by atoms with Gasteiger partial charge in [-0.05, 0) is 19.8 Å². The Bertz CT molecular complexity index is 303. The van der Waals surface area contributed by atoms with Crippen LogP contribution < -0.4 is 5.73 Å². The van der Waals surface area contributed by atoms with Gasteiger partial charge in [-0.3, -0.25) is 0 Å². The molecule has 0 amide bonds. The summed E-state index contributed by atoms with van der Waals surface area (Å²) in [7, 11) is 0.